The SMILES string of the molecule is Cc1ccc(NC(=O)c2ccc(NS(=O)(=O)CCO)cc2N2CCC3(CC2)CC3)c(=O)n1C1CCC(F)(F)CC1. The molecular formula is C28H36F2N4O5S. The molecule has 2 aromatic rings. The molecule has 1 amide bonds. The second-order valence-electron chi connectivity index (χ2n) is 11.5. The number of benzene rings is 1. The van der Waals surface area contributed by atoms with Crippen molar-refractivity contribution < 1.29 is 27.1 Å². The Kier molecular flexibility index (Phi) is 7.68. The number of aryl methyl sites for hydroxylation is 1. The highest BCUT2D eigenvalue weighted by Gasteiger charge is 2.44. The number of nitrogens with zero attached hydrogens (tertiary/aromatic N) is 2. The zero-order valence-corrected chi connectivity index (χ0v) is 23.4. The number of hydrogen-bond donors (Lipinski definition) is 3. The molecule has 0 bridgehead atoms. The van der Waals surface area contributed by atoms with Crippen LogP contribution in [0.4, 0.5) is 25.8 Å². The molecule has 218 valence electrons. The minimum absolute atomic E-state index is 0.0576. The Morgan fingerprint density at radius 3 is 2.35 bits per heavy atom. The van der Waals surface area contributed by atoms with E-state index in [1.165, 1.54) is 35.6 Å². The van der Waals surface area contributed by atoms with E-state index in [2.05, 4.69) is 14.9 Å². The standard InChI is InChI=1S/C28H36F2N4O5S/c1-19-2-5-23(26(37)34(19)21-6-8-28(29,30)9-7-21)31-25(36)22-4-3-20(32-40(38,39)17-16-35)18-24(22)33-14-12-27(10-11-27)13-15-33/h2-5,18,21,32,35H,6-17H2,1H3,(H,31,36). The van der Waals surface area contributed by atoms with E-state index >= 15 is 0 Å². The molecule has 40 heavy (non-hydrogen) atoms. The quantitative estimate of drug-likeness (QED) is 0.430. The molecule has 2 saturated carbocycles. The molecule has 2 aliphatic carbocycles. The fourth-order valence-corrected chi connectivity index (χ4v) is 6.79. The second kappa shape index (κ2) is 10.8. The van der Waals surface area contributed by atoms with E-state index in [4.69, 9.17) is 5.11 Å². The number of anilines is 3. The lowest BCUT2D eigenvalue weighted by Gasteiger charge is -2.35. The van der Waals surface area contributed by atoms with Gasteiger partial charge in [0, 0.05) is 37.7 Å². The Morgan fingerprint density at radius 2 is 1.73 bits per heavy atom. The average Bonchev–Trinajstić information content (AvgIpc) is 3.65. The monoisotopic (exact) mass is 578 g/mol. The van der Waals surface area contributed by atoms with Crippen molar-refractivity contribution in [2.45, 2.75) is 70.3 Å². The summed E-state index contributed by atoms with van der Waals surface area (Å²) in [4.78, 5) is 29.0. The maximum absolute atomic E-state index is 13.7. The van der Waals surface area contributed by atoms with Crippen molar-refractivity contribution in [1.82, 2.24) is 4.57 Å². The molecule has 12 heteroatoms. The highest BCUT2D eigenvalue weighted by atomic mass is 32.2. The Balaban J connectivity index is 1.42. The molecule has 9 nitrogen and oxygen atoms in total. The molecule has 3 aliphatic rings. The van der Waals surface area contributed by atoms with Crippen molar-refractivity contribution in [2.24, 2.45) is 5.41 Å². The molecule has 3 N–H and O–H groups in total. The van der Waals surface area contributed by atoms with Crippen molar-refractivity contribution in [3.8, 4) is 0 Å². The lowest BCUT2D eigenvalue weighted by Crippen LogP contribution is -2.36. The molecular weight excluding hydrogens is 542 g/mol. The normalized spacial score (nSPS) is 20.4. The van der Waals surface area contributed by atoms with Gasteiger partial charge in [-0.1, -0.05) is 0 Å². The summed E-state index contributed by atoms with van der Waals surface area (Å²) < 4.78 is 55.9. The Labute approximate surface area is 232 Å². The summed E-state index contributed by atoms with van der Waals surface area (Å²) in [6.07, 6.45) is 4.17. The van der Waals surface area contributed by atoms with E-state index in [1.54, 1.807) is 19.1 Å². The molecule has 2 heterocycles. The number of piperidine rings is 1. The molecule has 3 fully saturated rings. The van der Waals surface area contributed by atoms with E-state index in [1.807, 2.05) is 0 Å². The van der Waals surface area contributed by atoms with Gasteiger partial charge in [-0.2, -0.15) is 0 Å². The molecule has 0 atom stereocenters. The first-order valence-corrected chi connectivity index (χ1v) is 15.5. The van der Waals surface area contributed by atoms with Crippen molar-refractivity contribution in [2.75, 3.05) is 40.4 Å². The fraction of sp³-hybridized carbons (Fsp3) is 0.571. The third kappa shape index (κ3) is 6.17. The van der Waals surface area contributed by atoms with Gasteiger partial charge in [0.15, 0.2) is 0 Å². The predicted molar refractivity (Wildman–Crippen MR) is 150 cm³/mol. The maximum atomic E-state index is 13.7. The van der Waals surface area contributed by atoms with Crippen molar-refractivity contribution in [1.29, 1.82) is 0 Å². The van der Waals surface area contributed by atoms with Gasteiger partial charge < -0.3 is 19.9 Å². The number of sulfonamides is 1. The lowest BCUT2D eigenvalue weighted by molar-refractivity contribution is -0.0444. The van der Waals surface area contributed by atoms with Gasteiger partial charge in [0.1, 0.15) is 5.69 Å². The van der Waals surface area contributed by atoms with Crippen LogP contribution in [0, 0.1) is 12.3 Å². The highest BCUT2D eigenvalue weighted by Crippen LogP contribution is 2.54. The summed E-state index contributed by atoms with van der Waals surface area (Å²) in [6, 6.07) is 7.48. The minimum Gasteiger partial charge on any atom is -0.395 e. The number of amides is 1. The van der Waals surface area contributed by atoms with Crippen molar-refractivity contribution in [3.05, 3.63) is 51.9 Å². The first-order chi connectivity index (χ1) is 18.9. The number of nitrogens with one attached hydrogen (secondary N) is 2. The van der Waals surface area contributed by atoms with Crippen LogP contribution in [0.15, 0.2) is 35.1 Å². The minimum atomic E-state index is -3.77. The van der Waals surface area contributed by atoms with E-state index < -0.39 is 39.8 Å². The molecule has 1 aromatic heterocycles. The van der Waals surface area contributed by atoms with Gasteiger partial charge in [-0.25, -0.2) is 17.2 Å². The number of aromatic nitrogens is 1. The van der Waals surface area contributed by atoms with E-state index in [0.29, 0.717) is 22.4 Å². The summed E-state index contributed by atoms with van der Waals surface area (Å²) in [5, 5.41) is 11.8. The topological polar surface area (TPSA) is 121 Å². The fourth-order valence-electron chi connectivity index (χ4n) is 5.97. The van der Waals surface area contributed by atoms with Crippen LogP contribution in [-0.2, 0) is 10.0 Å². The predicted octanol–water partition coefficient (Wildman–Crippen LogP) is 4.27. The number of pyridine rings is 1. The second-order valence-corrected chi connectivity index (χ2v) is 13.3. The molecule has 1 spiro atoms. The van der Waals surface area contributed by atoms with Gasteiger partial charge in [-0.3, -0.25) is 14.3 Å². The summed E-state index contributed by atoms with van der Waals surface area (Å²) in [5.41, 5.74) is 1.77. The third-order valence-corrected chi connectivity index (χ3v) is 9.88. The smallest absolute Gasteiger partial charge is 0.274 e. The van der Waals surface area contributed by atoms with Crippen LogP contribution < -0.4 is 20.5 Å². The molecule has 1 aromatic carbocycles. The highest BCUT2D eigenvalue weighted by molar-refractivity contribution is 7.92. The maximum Gasteiger partial charge on any atom is 0.274 e. The Morgan fingerprint density at radius 1 is 1.05 bits per heavy atom. The number of alkyl halides is 2. The summed E-state index contributed by atoms with van der Waals surface area (Å²) in [6.45, 7) is 2.67. The van der Waals surface area contributed by atoms with E-state index in [-0.39, 0.29) is 43.1 Å². The lowest BCUT2D eigenvalue weighted by atomic mass is 9.91. The first-order valence-electron chi connectivity index (χ1n) is 13.8. The van der Waals surface area contributed by atoms with E-state index in [9.17, 15) is 26.8 Å². The van der Waals surface area contributed by atoms with Gasteiger partial charge in [0.25, 0.3) is 11.5 Å². The van der Waals surface area contributed by atoms with Crippen LogP contribution in [-0.4, -0.2) is 55.4 Å². The number of halogens is 2. The van der Waals surface area contributed by atoms with Gasteiger partial charge in [0.2, 0.25) is 15.9 Å². The van der Waals surface area contributed by atoms with Gasteiger partial charge >= 0.3 is 0 Å². The van der Waals surface area contributed by atoms with E-state index in [0.717, 1.165) is 25.9 Å². The first kappa shape index (κ1) is 28.5. The number of rotatable bonds is 8. The Hall–Kier alpha value is -2.99. The number of carbonyl (C=O) groups is 1. The number of aliphatic hydroxyl groups excluding tert-OH is 1. The molecule has 1 aliphatic heterocycles. The molecule has 0 radical (unpaired) electrons. The molecule has 1 saturated heterocycles. The zero-order valence-electron chi connectivity index (χ0n) is 22.6. The summed E-state index contributed by atoms with van der Waals surface area (Å²) in [7, 11) is -3.77. The van der Waals surface area contributed by atoms with Crippen LogP contribution in [0.2, 0.25) is 0 Å². The van der Waals surface area contributed by atoms with Crippen molar-refractivity contribution in [3.63, 3.8) is 0 Å². The van der Waals surface area contributed by atoms with Gasteiger partial charge in [-0.15, -0.1) is 0 Å². The van der Waals surface area contributed by atoms with Crippen LogP contribution in [0.1, 0.15) is 73.5 Å². The largest absolute Gasteiger partial charge is 0.395 e. The van der Waals surface area contributed by atoms with Crippen LogP contribution in [0.25, 0.3) is 0 Å². The number of carbonyl (C=O) groups excluding carboxylic acids is 1. The zero-order chi connectivity index (χ0) is 28.7. The van der Waals surface area contributed by atoms with Gasteiger partial charge in [-0.05, 0) is 81.2 Å². The van der Waals surface area contributed by atoms with Crippen molar-refractivity contribution >= 4 is 33.0 Å². The van der Waals surface area contributed by atoms with Crippen LogP contribution >= 0.6 is 0 Å². The molecule has 0 unspecified atom stereocenters. The summed E-state index contributed by atoms with van der Waals surface area (Å²) >= 11 is 0. The van der Waals surface area contributed by atoms with Gasteiger partial charge in [0.05, 0.1) is 29.3 Å². The number of aliphatic hydroxyl groups is 1. The average molecular weight is 579 g/mol. The number of hydrogen-bond acceptors (Lipinski definition) is 6. The molecule has 5 rings (SSSR count). The van der Waals surface area contributed by atoms with Crippen LogP contribution in [0.3, 0.4) is 0 Å². The summed E-state index contributed by atoms with van der Waals surface area (Å²) in [5.74, 6) is -3.69. The third-order valence-electron chi connectivity index (χ3n) is 8.62. The Bertz CT molecular complexity index is 1440. The van der Waals surface area contributed by atoms with Crippen LogP contribution in [0.5, 0.6) is 0 Å².